The number of rotatable bonds is 5. The molecule has 7 heteroatoms. The standard InChI is InChI=1S/C22H23FN2O4/c1-14-21(26)24-19-9-3-8-18(20(19)29-14)22(27)25(13-17-7-4-10-28-17)12-15-5-2-6-16(23)11-15/h2-3,5-6,8-9,11,14,17H,4,7,10,12-13H2,1H3,(H,24,26)/t14-,17-/m0/s1. The lowest BCUT2D eigenvalue weighted by atomic mass is 10.1. The summed E-state index contributed by atoms with van der Waals surface area (Å²) >= 11 is 0. The molecule has 2 atom stereocenters. The highest BCUT2D eigenvalue weighted by molar-refractivity contribution is 6.04. The molecule has 2 heterocycles. The molecule has 0 radical (unpaired) electrons. The van der Waals surface area contributed by atoms with Gasteiger partial charge in [-0.2, -0.15) is 0 Å². The fraction of sp³-hybridized carbons (Fsp3) is 0.364. The van der Waals surface area contributed by atoms with Crippen LogP contribution in [0, 0.1) is 5.82 Å². The van der Waals surface area contributed by atoms with E-state index in [0.717, 1.165) is 12.8 Å². The molecule has 2 aliphatic rings. The number of anilines is 1. The van der Waals surface area contributed by atoms with E-state index < -0.39 is 6.10 Å². The van der Waals surface area contributed by atoms with Crippen molar-refractivity contribution in [2.24, 2.45) is 0 Å². The van der Waals surface area contributed by atoms with Gasteiger partial charge >= 0.3 is 0 Å². The first-order valence-electron chi connectivity index (χ1n) is 9.77. The highest BCUT2D eigenvalue weighted by Crippen LogP contribution is 2.34. The van der Waals surface area contributed by atoms with Crippen LogP contribution < -0.4 is 10.1 Å². The van der Waals surface area contributed by atoms with Gasteiger partial charge in [-0.15, -0.1) is 0 Å². The summed E-state index contributed by atoms with van der Waals surface area (Å²) in [5.41, 5.74) is 1.54. The van der Waals surface area contributed by atoms with Crippen LogP contribution in [0.4, 0.5) is 10.1 Å². The van der Waals surface area contributed by atoms with Crippen molar-refractivity contribution < 1.29 is 23.5 Å². The SMILES string of the molecule is C[C@@H]1Oc2c(cccc2C(=O)N(Cc2cccc(F)c2)C[C@@H]2CCCO2)NC1=O. The molecule has 29 heavy (non-hydrogen) atoms. The van der Waals surface area contributed by atoms with Crippen molar-refractivity contribution in [3.63, 3.8) is 0 Å². The Morgan fingerprint density at radius 2 is 2.10 bits per heavy atom. The van der Waals surface area contributed by atoms with Gasteiger partial charge in [-0.25, -0.2) is 4.39 Å². The number of nitrogens with zero attached hydrogens (tertiary/aromatic N) is 1. The van der Waals surface area contributed by atoms with Crippen molar-refractivity contribution in [2.45, 2.75) is 38.5 Å². The van der Waals surface area contributed by atoms with E-state index >= 15 is 0 Å². The zero-order valence-corrected chi connectivity index (χ0v) is 16.2. The van der Waals surface area contributed by atoms with Crippen LogP contribution in [0.15, 0.2) is 42.5 Å². The van der Waals surface area contributed by atoms with Gasteiger partial charge in [0.05, 0.1) is 17.4 Å². The number of carbonyl (C=O) groups is 2. The van der Waals surface area contributed by atoms with Gasteiger partial charge in [-0.05, 0) is 49.6 Å². The molecule has 2 aromatic rings. The number of hydrogen-bond donors (Lipinski definition) is 1. The average molecular weight is 398 g/mol. The Hall–Kier alpha value is -2.93. The lowest BCUT2D eigenvalue weighted by Crippen LogP contribution is -2.39. The van der Waals surface area contributed by atoms with E-state index in [-0.39, 0.29) is 30.3 Å². The van der Waals surface area contributed by atoms with Crippen molar-refractivity contribution in [2.75, 3.05) is 18.5 Å². The van der Waals surface area contributed by atoms with Crippen molar-refractivity contribution in [1.29, 1.82) is 0 Å². The number of halogens is 1. The van der Waals surface area contributed by atoms with E-state index in [1.54, 1.807) is 42.2 Å². The van der Waals surface area contributed by atoms with E-state index in [9.17, 15) is 14.0 Å². The van der Waals surface area contributed by atoms with E-state index in [0.29, 0.717) is 35.7 Å². The van der Waals surface area contributed by atoms with Crippen LogP contribution in [0.2, 0.25) is 0 Å². The van der Waals surface area contributed by atoms with Gasteiger partial charge in [-0.1, -0.05) is 18.2 Å². The van der Waals surface area contributed by atoms with Crippen LogP contribution in [0.25, 0.3) is 0 Å². The maximum absolute atomic E-state index is 13.7. The molecule has 0 bridgehead atoms. The molecular weight excluding hydrogens is 375 g/mol. The van der Waals surface area contributed by atoms with Gasteiger partial charge < -0.3 is 19.7 Å². The third-order valence-corrected chi connectivity index (χ3v) is 5.16. The van der Waals surface area contributed by atoms with Crippen molar-refractivity contribution in [3.05, 3.63) is 59.4 Å². The number of hydrogen-bond acceptors (Lipinski definition) is 4. The molecule has 2 aromatic carbocycles. The minimum Gasteiger partial charge on any atom is -0.478 e. The van der Waals surface area contributed by atoms with Crippen molar-refractivity contribution in [1.82, 2.24) is 4.90 Å². The fourth-order valence-corrected chi connectivity index (χ4v) is 3.67. The fourth-order valence-electron chi connectivity index (χ4n) is 3.67. The molecule has 1 fully saturated rings. The third kappa shape index (κ3) is 4.24. The number of carbonyl (C=O) groups excluding carboxylic acids is 2. The van der Waals surface area contributed by atoms with Gasteiger partial charge in [0.2, 0.25) is 0 Å². The minimum atomic E-state index is -0.689. The number of nitrogens with one attached hydrogen (secondary N) is 1. The Balaban J connectivity index is 1.64. The number of benzene rings is 2. The first-order chi connectivity index (χ1) is 14.0. The lowest BCUT2D eigenvalue weighted by molar-refractivity contribution is -0.122. The Bertz CT molecular complexity index is 927. The van der Waals surface area contributed by atoms with Crippen molar-refractivity contribution in [3.8, 4) is 5.75 Å². The Kier molecular flexibility index (Phi) is 5.49. The first kappa shape index (κ1) is 19.4. The number of fused-ring (bicyclic) bond motifs is 1. The van der Waals surface area contributed by atoms with Gasteiger partial charge in [0.1, 0.15) is 5.82 Å². The van der Waals surface area contributed by atoms with Gasteiger partial charge in [-0.3, -0.25) is 9.59 Å². The molecule has 0 saturated carbocycles. The monoisotopic (exact) mass is 398 g/mol. The van der Waals surface area contributed by atoms with E-state index in [1.807, 2.05) is 0 Å². The van der Waals surface area contributed by atoms with Gasteiger partial charge in [0.25, 0.3) is 11.8 Å². The van der Waals surface area contributed by atoms with E-state index in [1.165, 1.54) is 12.1 Å². The molecule has 0 aromatic heterocycles. The Morgan fingerprint density at radius 3 is 2.86 bits per heavy atom. The topological polar surface area (TPSA) is 67.9 Å². The molecule has 0 aliphatic carbocycles. The second-order valence-electron chi connectivity index (χ2n) is 7.38. The summed E-state index contributed by atoms with van der Waals surface area (Å²) in [6, 6.07) is 11.3. The zero-order chi connectivity index (χ0) is 20.4. The Labute approximate surface area is 168 Å². The molecule has 2 amide bonds. The third-order valence-electron chi connectivity index (χ3n) is 5.16. The molecule has 0 spiro atoms. The van der Waals surface area contributed by atoms with Crippen LogP contribution in [0.1, 0.15) is 35.7 Å². The molecule has 0 unspecified atom stereocenters. The summed E-state index contributed by atoms with van der Waals surface area (Å²) in [6.45, 7) is 2.97. The smallest absolute Gasteiger partial charge is 0.265 e. The maximum atomic E-state index is 13.7. The minimum absolute atomic E-state index is 0.0495. The lowest BCUT2D eigenvalue weighted by Gasteiger charge is -2.29. The van der Waals surface area contributed by atoms with Crippen LogP contribution in [-0.2, 0) is 16.1 Å². The van der Waals surface area contributed by atoms with Crippen molar-refractivity contribution >= 4 is 17.5 Å². The second kappa shape index (κ2) is 8.21. The molecule has 1 N–H and O–H groups in total. The average Bonchev–Trinajstić information content (AvgIpc) is 3.21. The zero-order valence-electron chi connectivity index (χ0n) is 16.2. The summed E-state index contributed by atoms with van der Waals surface area (Å²) in [7, 11) is 0. The highest BCUT2D eigenvalue weighted by atomic mass is 19.1. The summed E-state index contributed by atoms with van der Waals surface area (Å²) in [5, 5.41) is 2.77. The summed E-state index contributed by atoms with van der Waals surface area (Å²) in [5.74, 6) is -0.479. The first-order valence-corrected chi connectivity index (χ1v) is 9.77. The van der Waals surface area contributed by atoms with Crippen LogP contribution in [0.5, 0.6) is 5.75 Å². The molecular formula is C22H23FN2O4. The highest BCUT2D eigenvalue weighted by Gasteiger charge is 2.31. The van der Waals surface area contributed by atoms with Crippen LogP contribution in [0.3, 0.4) is 0 Å². The molecule has 2 aliphatic heterocycles. The van der Waals surface area contributed by atoms with E-state index in [4.69, 9.17) is 9.47 Å². The van der Waals surface area contributed by atoms with Gasteiger partial charge in [0, 0.05) is 19.7 Å². The second-order valence-corrected chi connectivity index (χ2v) is 7.38. The summed E-state index contributed by atoms with van der Waals surface area (Å²) in [4.78, 5) is 27.0. The van der Waals surface area contributed by atoms with Crippen LogP contribution >= 0.6 is 0 Å². The van der Waals surface area contributed by atoms with Crippen LogP contribution in [-0.4, -0.2) is 42.1 Å². The molecule has 6 nitrogen and oxygen atoms in total. The molecule has 4 rings (SSSR count). The quantitative estimate of drug-likeness (QED) is 0.839. The van der Waals surface area contributed by atoms with E-state index in [2.05, 4.69) is 5.32 Å². The normalized spacial score (nSPS) is 20.6. The largest absolute Gasteiger partial charge is 0.478 e. The molecule has 1 saturated heterocycles. The number of para-hydroxylation sites is 1. The van der Waals surface area contributed by atoms with Gasteiger partial charge in [0.15, 0.2) is 11.9 Å². The molecule has 152 valence electrons. The maximum Gasteiger partial charge on any atom is 0.265 e. The summed E-state index contributed by atoms with van der Waals surface area (Å²) in [6.07, 6.45) is 1.10. The predicted octanol–water partition coefficient (Wildman–Crippen LogP) is 3.37. The number of amides is 2. The number of ether oxygens (including phenoxy) is 2. The Morgan fingerprint density at radius 1 is 1.28 bits per heavy atom. The summed E-state index contributed by atoms with van der Waals surface area (Å²) < 4.78 is 25.1. The predicted molar refractivity (Wildman–Crippen MR) is 105 cm³/mol.